The molecular weight excluding hydrogens is 315 g/mol. The molecule has 116 valence electrons. The molecule has 0 radical (unpaired) electrons. The number of sulfonamides is 1. The van der Waals surface area contributed by atoms with Crippen LogP contribution in [0.25, 0.3) is 10.9 Å². The molecule has 0 atom stereocenters. The fourth-order valence-electron chi connectivity index (χ4n) is 3.01. The monoisotopic (exact) mass is 328 g/mol. The van der Waals surface area contributed by atoms with E-state index in [1.54, 1.807) is 18.2 Å². The van der Waals surface area contributed by atoms with Gasteiger partial charge in [0.15, 0.2) is 0 Å². The summed E-state index contributed by atoms with van der Waals surface area (Å²) in [5.41, 5.74) is 1.76. The highest BCUT2D eigenvalue weighted by Crippen LogP contribution is 2.34. The van der Waals surface area contributed by atoms with E-state index >= 15 is 0 Å². The lowest BCUT2D eigenvalue weighted by Gasteiger charge is -2.20. The lowest BCUT2D eigenvalue weighted by Crippen LogP contribution is -2.29. The molecule has 1 aliphatic rings. The van der Waals surface area contributed by atoms with Crippen LogP contribution >= 0.6 is 0 Å². The topological polar surface area (TPSA) is 50.3 Å². The van der Waals surface area contributed by atoms with Gasteiger partial charge in [0.2, 0.25) is 0 Å². The molecule has 4 nitrogen and oxygen atoms in total. The first-order valence-corrected chi connectivity index (χ1v) is 8.67. The van der Waals surface area contributed by atoms with Gasteiger partial charge in [-0.15, -0.1) is 0 Å². The Bertz CT molecular complexity index is 1020. The van der Waals surface area contributed by atoms with Crippen molar-refractivity contribution in [2.24, 2.45) is 0 Å². The van der Waals surface area contributed by atoms with Crippen LogP contribution in [0, 0.1) is 5.82 Å². The molecule has 2 aromatic carbocycles. The van der Waals surface area contributed by atoms with Gasteiger partial charge < -0.3 is 0 Å². The summed E-state index contributed by atoms with van der Waals surface area (Å²) in [5.74, 6) is -0.527. The molecule has 3 aromatic rings. The van der Waals surface area contributed by atoms with Gasteiger partial charge in [-0.05, 0) is 42.3 Å². The van der Waals surface area contributed by atoms with E-state index < -0.39 is 15.8 Å². The van der Waals surface area contributed by atoms with E-state index in [0.29, 0.717) is 24.0 Å². The van der Waals surface area contributed by atoms with E-state index in [0.717, 1.165) is 11.6 Å². The average Bonchev–Trinajstić information content (AvgIpc) is 3.00. The largest absolute Gasteiger partial charge is 0.266 e. The Morgan fingerprint density at radius 3 is 2.74 bits per heavy atom. The zero-order chi connectivity index (χ0) is 16.0. The molecule has 2 heterocycles. The number of hydrogen-bond acceptors (Lipinski definition) is 3. The molecule has 0 saturated carbocycles. The van der Waals surface area contributed by atoms with Crippen LogP contribution in [-0.4, -0.2) is 19.9 Å². The minimum absolute atomic E-state index is 0.0704. The van der Waals surface area contributed by atoms with E-state index in [1.807, 2.05) is 18.2 Å². The molecule has 0 saturated heterocycles. The first-order chi connectivity index (χ1) is 11.1. The third kappa shape index (κ3) is 2.09. The van der Waals surface area contributed by atoms with Gasteiger partial charge in [0.25, 0.3) is 10.0 Å². The zero-order valence-corrected chi connectivity index (χ0v) is 12.9. The van der Waals surface area contributed by atoms with Crippen molar-refractivity contribution >= 4 is 26.6 Å². The first-order valence-electron chi connectivity index (χ1n) is 7.23. The maximum absolute atomic E-state index is 13.9. The second kappa shape index (κ2) is 5.03. The Labute approximate surface area is 133 Å². The number of nitrogens with zero attached hydrogens (tertiary/aromatic N) is 2. The Hall–Kier alpha value is -2.47. The summed E-state index contributed by atoms with van der Waals surface area (Å²) in [7, 11) is -3.77. The summed E-state index contributed by atoms with van der Waals surface area (Å²) >= 11 is 0. The number of para-hydroxylation sites is 1. The first kappa shape index (κ1) is 14.1. The van der Waals surface area contributed by atoms with Crippen LogP contribution in [-0.2, 0) is 16.4 Å². The van der Waals surface area contributed by atoms with Crippen LogP contribution in [0.5, 0.6) is 0 Å². The normalized spacial score (nSPS) is 14.2. The van der Waals surface area contributed by atoms with Gasteiger partial charge >= 0.3 is 0 Å². The predicted molar refractivity (Wildman–Crippen MR) is 86.4 cm³/mol. The quantitative estimate of drug-likeness (QED) is 0.726. The molecular formula is C17H13FN2O2S. The maximum atomic E-state index is 13.9. The number of aromatic nitrogens is 1. The van der Waals surface area contributed by atoms with E-state index in [9.17, 15) is 12.8 Å². The second-order valence-corrected chi connectivity index (χ2v) is 7.23. The number of fused-ring (bicyclic) bond motifs is 2. The number of pyridine rings is 1. The third-order valence-corrected chi connectivity index (χ3v) is 5.96. The molecule has 0 fully saturated rings. The molecule has 0 unspecified atom stereocenters. The average molecular weight is 328 g/mol. The van der Waals surface area contributed by atoms with Crippen molar-refractivity contribution in [3.8, 4) is 0 Å². The van der Waals surface area contributed by atoms with Crippen molar-refractivity contribution in [3.63, 3.8) is 0 Å². The van der Waals surface area contributed by atoms with Gasteiger partial charge in [0, 0.05) is 18.1 Å². The van der Waals surface area contributed by atoms with E-state index in [2.05, 4.69) is 4.98 Å². The van der Waals surface area contributed by atoms with Gasteiger partial charge in [-0.25, -0.2) is 12.8 Å². The van der Waals surface area contributed by atoms with Crippen molar-refractivity contribution < 1.29 is 12.8 Å². The standard InChI is InChI=1S/C17H13FN2O2S/c18-14-7-8-16(13-5-3-10-19-17(13)14)23(21,22)20-11-9-12-4-1-2-6-15(12)20/h1-8,10H,9,11H2. The maximum Gasteiger partial charge on any atom is 0.265 e. The summed E-state index contributed by atoms with van der Waals surface area (Å²) in [4.78, 5) is 4.05. The van der Waals surface area contributed by atoms with Crippen molar-refractivity contribution in [2.75, 3.05) is 10.8 Å². The van der Waals surface area contributed by atoms with Gasteiger partial charge in [-0.3, -0.25) is 9.29 Å². The third-order valence-electron chi connectivity index (χ3n) is 4.09. The highest BCUT2D eigenvalue weighted by Gasteiger charge is 2.32. The summed E-state index contributed by atoms with van der Waals surface area (Å²) < 4.78 is 41.5. The lowest BCUT2D eigenvalue weighted by atomic mass is 10.2. The number of hydrogen-bond donors (Lipinski definition) is 0. The van der Waals surface area contributed by atoms with Crippen LogP contribution in [0.4, 0.5) is 10.1 Å². The molecule has 0 aliphatic carbocycles. The molecule has 4 rings (SSSR count). The van der Waals surface area contributed by atoms with Crippen molar-refractivity contribution in [1.82, 2.24) is 4.98 Å². The van der Waals surface area contributed by atoms with Gasteiger partial charge in [-0.2, -0.15) is 0 Å². The minimum Gasteiger partial charge on any atom is -0.266 e. The Morgan fingerprint density at radius 1 is 1.04 bits per heavy atom. The SMILES string of the molecule is O=S(=O)(c1ccc(F)c2ncccc12)N1CCc2ccccc21. The van der Waals surface area contributed by atoms with Crippen molar-refractivity contribution in [3.05, 3.63) is 66.1 Å². The highest BCUT2D eigenvalue weighted by atomic mass is 32.2. The molecule has 0 amide bonds. The molecule has 0 N–H and O–H groups in total. The van der Waals surface area contributed by atoms with Crippen molar-refractivity contribution in [2.45, 2.75) is 11.3 Å². The zero-order valence-electron chi connectivity index (χ0n) is 12.1. The van der Waals surface area contributed by atoms with Crippen LogP contribution in [0.2, 0.25) is 0 Å². The summed E-state index contributed by atoms with van der Waals surface area (Å²) in [5, 5.41) is 0.303. The van der Waals surface area contributed by atoms with Gasteiger partial charge in [0.05, 0.1) is 10.6 Å². The lowest BCUT2D eigenvalue weighted by molar-refractivity contribution is 0.592. The Kier molecular flexibility index (Phi) is 3.09. The van der Waals surface area contributed by atoms with Crippen LogP contribution in [0.3, 0.4) is 0 Å². The predicted octanol–water partition coefficient (Wildman–Crippen LogP) is 3.13. The number of anilines is 1. The van der Waals surface area contributed by atoms with E-state index in [4.69, 9.17) is 0 Å². The van der Waals surface area contributed by atoms with Crippen LogP contribution in [0.15, 0.2) is 59.6 Å². The Morgan fingerprint density at radius 2 is 1.87 bits per heavy atom. The van der Waals surface area contributed by atoms with E-state index in [-0.39, 0.29) is 10.4 Å². The molecule has 0 bridgehead atoms. The second-order valence-electron chi connectivity index (χ2n) is 5.40. The molecule has 6 heteroatoms. The smallest absolute Gasteiger partial charge is 0.265 e. The molecule has 1 aromatic heterocycles. The number of halogens is 1. The fraction of sp³-hybridized carbons (Fsp3) is 0.118. The highest BCUT2D eigenvalue weighted by molar-refractivity contribution is 7.93. The molecule has 0 spiro atoms. The fourth-order valence-corrected chi connectivity index (χ4v) is 4.70. The van der Waals surface area contributed by atoms with E-state index in [1.165, 1.54) is 16.6 Å². The van der Waals surface area contributed by atoms with Crippen LogP contribution < -0.4 is 4.31 Å². The minimum atomic E-state index is -3.77. The molecule has 23 heavy (non-hydrogen) atoms. The van der Waals surface area contributed by atoms with Gasteiger partial charge in [0.1, 0.15) is 11.3 Å². The number of benzene rings is 2. The van der Waals surface area contributed by atoms with Crippen LogP contribution in [0.1, 0.15) is 5.56 Å². The van der Waals surface area contributed by atoms with Gasteiger partial charge in [-0.1, -0.05) is 18.2 Å². The summed E-state index contributed by atoms with van der Waals surface area (Å²) in [6.45, 7) is 0.390. The Balaban J connectivity index is 1.93. The summed E-state index contributed by atoms with van der Waals surface area (Å²) in [6, 6.07) is 13.1. The van der Waals surface area contributed by atoms with Crippen molar-refractivity contribution in [1.29, 1.82) is 0 Å². The summed E-state index contributed by atoms with van der Waals surface area (Å²) in [6.07, 6.45) is 2.12. The number of rotatable bonds is 2. The molecule has 1 aliphatic heterocycles.